The number of ether oxygens (including phenoxy) is 1. The highest BCUT2D eigenvalue weighted by molar-refractivity contribution is 14.1. The van der Waals surface area contributed by atoms with Crippen LogP contribution in [0.3, 0.4) is 0 Å². The summed E-state index contributed by atoms with van der Waals surface area (Å²) in [4.78, 5) is 33.7. The fourth-order valence-electron chi connectivity index (χ4n) is 3.90. The van der Waals surface area contributed by atoms with E-state index >= 15 is 0 Å². The van der Waals surface area contributed by atoms with E-state index in [0.29, 0.717) is 29.7 Å². The number of aromatic hydroxyl groups is 1. The number of benzene rings is 2. The molecule has 1 N–H and O–H groups in total. The minimum absolute atomic E-state index is 0.0962. The minimum Gasteiger partial charge on any atom is -0.506 e. The molecule has 0 spiro atoms. The van der Waals surface area contributed by atoms with Crippen molar-refractivity contribution in [2.75, 3.05) is 25.6 Å². The molecule has 182 valence electrons. The van der Waals surface area contributed by atoms with Crippen molar-refractivity contribution in [2.45, 2.75) is 19.9 Å². The van der Waals surface area contributed by atoms with Gasteiger partial charge in [-0.1, -0.05) is 39.4 Å². The van der Waals surface area contributed by atoms with Gasteiger partial charge in [-0.25, -0.2) is 9.79 Å². The zero-order valence-corrected chi connectivity index (χ0v) is 24.1. The van der Waals surface area contributed by atoms with E-state index in [4.69, 9.17) is 4.74 Å². The zero-order valence-electron chi connectivity index (χ0n) is 19.5. The van der Waals surface area contributed by atoms with Gasteiger partial charge in [-0.2, -0.15) is 0 Å². The second-order valence-electron chi connectivity index (χ2n) is 8.11. The molecule has 2 heterocycles. The van der Waals surface area contributed by atoms with E-state index in [-0.39, 0.29) is 17.9 Å². The number of fused-ring (bicyclic) bond motifs is 1. The summed E-state index contributed by atoms with van der Waals surface area (Å²) in [5.41, 5.74) is 2.85. The Hall–Kier alpha value is -2.44. The van der Waals surface area contributed by atoms with Gasteiger partial charge in [0.25, 0.3) is 5.56 Å². The monoisotopic (exact) mass is 667 g/mol. The van der Waals surface area contributed by atoms with Gasteiger partial charge in [-0.05, 0) is 72.3 Å². The average molecular weight is 668 g/mol. The van der Waals surface area contributed by atoms with Gasteiger partial charge in [0, 0.05) is 29.8 Å². The lowest BCUT2D eigenvalue weighted by Gasteiger charge is -2.25. The molecule has 0 saturated heterocycles. The van der Waals surface area contributed by atoms with Gasteiger partial charge >= 0.3 is 5.97 Å². The number of esters is 1. The van der Waals surface area contributed by atoms with E-state index < -0.39 is 12.0 Å². The third kappa shape index (κ3) is 4.96. The van der Waals surface area contributed by atoms with Crippen LogP contribution in [0, 0.1) is 3.57 Å². The molecule has 0 fully saturated rings. The predicted octanol–water partition coefficient (Wildman–Crippen LogP) is 3.94. The molecule has 7 nitrogen and oxygen atoms in total. The number of halogens is 2. The van der Waals surface area contributed by atoms with E-state index in [1.807, 2.05) is 65.9 Å². The smallest absolute Gasteiger partial charge is 0.338 e. The summed E-state index contributed by atoms with van der Waals surface area (Å²) in [7, 11) is 3.90. The van der Waals surface area contributed by atoms with Gasteiger partial charge in [0.2, 0.25) is 0 Å². The van der Waals surface area contributed by atoms with Crippen LogP contribution in [0.4, 0.5) is 5.69 Å². The molecule has 0 saturated carbocycles. The van der Waals surface area contributed by atoms with Crippen LogP contribution in [0.2, 0.25) is 0 Å². The molecule has 1 aromatic heterocycles. The Morgan fingerprint density at radius 2 is 2.00 bits per heavy atom. The minimum atomic E-state index is -0.681. The van der Waals surface area contributed by atoms with E-state index in [9.17, 15) is 14.7 Å². The standard InChI is InChI=1S/C25H23BrIN3O4S/c1-5-34-24(33)20-13(2)28-25-30(21(20)14-6-8-17(9-7-14)29(3)4)23(32)19(35-25)11-15-10-16(26)12-18(27)22(15)31/h6-12,21,31H,5H2,1-4H3/b19-11-/t21-/m1/s1. The van der Waals surface area contributed by atoms with Gasteiger partial charge in [0.1, 0.15) is 5.75 Å². The molecule has 1 aliphatic heterocycles. The first kappa shape index (κ1) is 25.6. The first-order valence-corrected chi connectivity index (χ1v) is 13.5. The molecule has 35 heavy (non-hydrogen) atoms. The second-order valence-corrected chi connectivity index (χ2v) is 11.2. The highest BCUT2D eigenvalue weighted by atomic mass is 127. The Labute approximate surface area is 228 Å². The van der Waals surface area contributed by atoms with Crippen molar-refractivity contribution in [2.24, 2.45) is 4.99 Å². The summed E-state index contributed by atoms with van der Waals surface area (Å²) in [6, 6.07) is 10.6. The van der Waals surface area contributed by atoms with Gasteiger partial charge in [-0.3, -0.25) is 9.36 Å². The summed E-state index contributed by atoms with van der Waals surface area (Å²) in [6.07, 6.45) is 1.65. The van der Waals surface area contributed by atoms with E-state index in [1.165, 1.54) is 11.3 Å². The van der Waals surface area contributed by atoms with Gasteiger partial charge in [0.15, 0.2) is 4.80 Å². The third-order valence-electron chi connectivity index (χ3n) is 5.59. The van der Waals surface area contributed by atoms with Crippen LogP contribution in [0.15, 0.2) is 61.9 Å². The Balaban J connectivity index is 1.96. The lowest BCUT2D eigenvalue weighted by atomic mass is 9.95. The second kappa shape index (κ2) is 10.3. The largest absolute Gasteiger partial charge is 0.506 e. The lowest BCUT2D eigenvalue weighted by molar-refractivity contribution is -0.139. The summed E-state index contributed by atoms with van der Waals surface area (Å²) in [6.45, 7) is 3.72. The molecule has 4 rings (SSSR count). The summed E-state index contributed by atoms with van der Waals surface area (Å²) < 4.78 is 8.74. The number of nitrogens with zero attached hydrogens (tertiary/aromatic N) is 3. The molecule has 3 aromatic rings. The SMILES string of the molecule is CCOC(=O)C1=C(C)N=c2s/c(=C\c3cc(Br)cc(I)c3O)c(=O)n2[C@@H]1c1ccc(N(C)C)cc1. The zero-order chi connectivity index (χ0) is 25.4. The Kier molecular flexibility index (Phi) is 7.53. The predicted molar refractivity (Wildman–Crippen MR) is 150 cm³/mol. The van der Waals surface area contributed by atoms with Crippen LogP contribution < -0.4 is 19.8 Å². The molecule has 0 bridgehead atoms. The number of hydrogen-bond acceptors (Lipinski definition) is 7. The van der Waals surface area contributed by atoms with E-state index in [2.05, 4.69) is 20.9 Å². The normalized spacial score (nSPS) is 15.6. The van der Waals surface area contributed by atoms with Crippen LogP contribution in [0.5, 0.6) is 5.75 Å². The maximum atomic E-state index is 13.7. The molecule has 10 heteroatoms. The molecular formula is C25H23BrIN3O4S. The molecule has 0 amide bonds. The van der Waals surface area contributed by atoms with Gasteiger partial charge in [0.05, 0.1) is 32.0 Å². The fraction of sp³-hybridized carbons (Fsp3) is 0.240. The quantitative estimate of drug-likeness (QED) is 0.329. The number of anilines is 1. The Bertz CT molecular complexity index is 1520. The maximum Gasteiger partial charge on any atom is 0.338 e. The molecule has 2 aromatic carbocycles. The van der Waals surface area contributed by atoms with Crippen molar-refractivity contribution >= 4 is 67.6 Å². The fourth-order valence-corrected chi connectivity index (χ4v) is 6.49. The number of aromatic nitrogens is 1. The van der Waals surface area contributed by atoms with Crippen molar-refractivity contribution in [1.82, 2.24) is 4.57 Å². The third-order valence-corrected chi connectivity index (χ3v) is 7.85. The molecular weight excluding hydrogens is 645 g/mol. The van der Waals surface area contributed by atoms with Gasteiger partial charge in [-0.15, -0.1) is 0 Å². The van der Waals surface area contributed by atoms with Crippen molar-refractivity contribution in [1.29, 1.82) is 0 Å². The highest BCUT2D eigenvalue weighted by Crippen LogP contribution is 2.32. The van der Waals surface area contributed by atoms with Crippen LogP contribution in [-0.2, 0) is 9.53 Å². The van der Waals surface area contributed by atoms with Crippen LogP contribution in [0.1, 0.15) is 31.0 Å². The number of phenolic OH excluding ortho intramolecular Hbond substituents is 1. The molecule has 0 aliphatic carbocycles. The summed E-state index contributed by atoms with van der Waals surface area (Å²) in [5.74, 6) is -0.400. The number of rotatable bonds is 5. The van der Waals surface area contributed by atoms with Crippen LogP contribution in [-0.4, -0.2) is 36.3 Å². The number of hydrogen-bond donors (Lipinski definition) is 1. The average Bonchev–Trinajstić information content (AvgIpc) is 3.10. The summed E-state index contributed by atoms with van der Waals surface area (Å²) in [5, 5.41) is 10.5. The molecule has 1 atom stereocenters. The van der Waals surface area contributed by atoms with Crippen molar-refractivity contribution in [3.8, 4) is 5.75 Å². The lowest BCUT2D eigenvalue weighted by Crippen LogP contribution is -2.39. The number of carbonyl (C=O) groups excluding carboxylic acids is 1. The number of allylic oxidation sites excluding steroid dienone is 1. The van der Waals surface area contributed by atoms with Crippen LogP contribution in [0.25, 0.3) is 6.08 Å². The van der Waals surface area contributed by atoms with Crippen molar-refractivity contribution in [3.63, 3.8) is 0 Å². The first-order valence-electron chi connectivity index (χ1n) is 10.8. The van der Waals surface area contributed by atoms with Crippen molar-refractivity contribution < 1.29 is 14.6 Å². The number of thiazole rings is 1. The number of phenols is 1. The Morgan fingerprint density at radius 1 is 1.31 bits per heavy atom. The Morgan fingerprint density at radius 3 is 2.63 bits per heavy atom. The summed E-state index contributed by atoms with van der Waals surface area (Å²) >= 11 is 6.70. The van der Waals surface area contributed by atoms with E-state index in [0.717, 1.165) is 15.7 Å². The molecule has 1 aliphatic rings. The van der Waals surface area contributed by atoms with Crippen molar-refractivity contribution in [3.05, 3.63) is 86.5 Å². The molecule has 0 unspecified atom stereocenters. The van der Waals surface area contributed by atoms with Gasteiger partial charge < -0.3 is 14.7 Å². The number of carbonyl (C=O) groups is 1. The molecule has 0 radical (unpaired) electrons. The topological polar surface area (TPSA) is 84.1 Å². The maximum absolute atomic E-state index is 13.7. The highest BCUT2D eigenvalue weighted by Gasteiger charge is 2.33. The van der Waals surface area contributed by atoms with Crippen LogP contribution >= 0.6 is 49.9 Å². The first-order chi connectivity index (χ1) is 16.6. The van der Waals surface area contributed by atoms with E-state index in [1.54, 1.807) is 36.6 Å².